The van der Waals surface area contributed by atoms with E-state index in [-0.39, 0.29) is 23.7 Å². The highest BCUT2D eigenvalue weighted by molar-refractivity contribution is 5.88. The zero-order valence-electron chi connectivity index (χ0n) is 9.19. The Hall–Kier alpha value is -0.870. The molecule has 1 spiro atoms. The Morgan fingerprint density at radius 2 is 2.38 bits per heavy atom. The number of nitrogens with zero attached hydrogens (tertiary/aromatic N) is 1. The number of nitrogens with two attached hydrogens (primary N) is 1. The summed E-state index contributed by atoms with van der Waals surface area (Å²) in [4.78, 5) is 13.9. The lowest BCUT2D eigenvalue weighted by molar-refractivity contribution is -0.203. The average molecular weight is 220 g/mol. The summed E-state index contributed by atoms with van der Waals surface area (Å²) in [6.07, 6.45) is 6.17. The lowest BCUT2D eigenvalue weighted by Crippen LogP contribution is -2.78. The third-order valence-corrected chi connectivity index (χ3v) is 4.76. The largest absolute Gasteiger partial charge is 0.448 e. The van der Waals surface area contributed by atoms with Crippen molar-refractivity contribution in [1.29, 1.82) is 0 Å². The number of fused-ring (bicyclic) bond motifs is 2. The first-order chi connectivity index (χ1) is 7.73. The van der Waals surface area contributed by atoms with Crippen LogP contribution >= 0.6 is 0 Å². The molecule has 4 atom stereocenters. The maximum Gasteiger partial charge on any atom is 0.331 e. The summed E-state index contributed by atoms with van der Waals surface area (Å²) in [5.41, 5.74) is 7.04. The number of hydrogen-bond acceptors (Lipinski definition) is 4. The molecule has 4 nitrogen and oxygen atoms in total. The van der Waals surface area contributed by atoms with E-state index in [2.05, 4.69) is 4.90 Å². The SMILES string of the molecule is NC1CC2=CC(=O)OC23[C@H]2CCCCN2[C@H]13. The van der Waals surface area contributed by atoms with Gasteiger partial charge in [-0.05, 0) is 31.4 Å². The number of carbonyl (C=O) groups is 1. The average Bonchev–Trinajstić information content (AvgIpc) is 2.66. The molecule has 4 rings (SSSR count). The molecule has 86 valence electrons. The molecule has 4 heteroatoms. The van der Waals surface area contributed by atoms with Crippen LogP contribution in [-0.4, -0.2) is 41.1 Å². The Balaban J connectivity index is 1.79. The third kappa shape index (κ3) is 0.800. The Morgan fingerprint density at radius 1 is 1.50 bits per heavy atom. The van der Waals surface area contributed by atoms with E-state index in [1.807, 2.05) is 0 Å². The van der Waals surface area contributed by atoms with Crippen molar-refractivity contribution in [2.75, 3.05) is 6.54 Å². The standard InChI is InChI=1S/C12H16N2O2/c13-8-5-7-6-10(15)16-12(7)9-3-1-2-4-14(9)11(8)12/h6,8-9,11H,1-5,13H2/t8?,9-,11-,12?/m1/s1. The lowest BCUT2D eigenvalue weighted by atomic mass is 9.70. The molecule has 2 N–H and O–H groups in total. The van der Waals surface area contributed by atoms with Crippen LogP contribution in [0.3, 0.4) is 0 Å². The van der Waals surface area contributed by atoms with Gasteiger partial charge in [-0.25, -0.2) is 4.79 Å². The Labute approximate surface area is 94.4 Å². The molecule has 3 fully saturated rings. The fraction of sp³-hybridized carbons (Fsp3) is 0.750. The van der Waals surface area contributed by atoms with Gasteiger partial charge in [-0.3, -0.25) is 4.90 Å². The summed E-state index contributed by atoms with van der Waals surface area (Å²) in [6.45, 7) is 1.12. The monoisotopic (exact) mass is 220 g/mol. The van der Waals surface area contributed by atoms with E-state index < -0.39 is 0 Å². The van der Waals surface area contributed by atoms with Crippen LogP contribution in [-0.2, 0) is 9.53 Å². The number of piperidine rings is 1. The van der Waals surface area contributed by atoms with E-state index in [9.17, 15) is 4.79 Å². The molecular weight excluding hydrogens is 204 g/mol. The first kappa shape index (κ1) is 9.19. The van der Waals surface area contributed by atoms with Crippen LogP contribution < -0.4 is 5.73 Å². The quantitative estimate of drug-likeness (QED) is 0.591. The molecular formula is C12H16N2O2. The molecule has 2 unspecified atom stereocenters. The van der Waals surface area contributed by atoms with Gasteiger partial charge in [0, 0.05) is 12.1 Å². The van der Waals surface area contributed by atoms with Crippen molar-refractivity contribution >= 4 is 5.97 Å². The smallest absolute Gasteiger partial charge is 0.331 e. The molecule has 0 aromatic rings. The highest BCUT2D eigenvalue weighted by Crippen LogP contribution is 2.57. The first-order valence-electron chi connectivity index (χ1n) is 6.19. The lowest BCUT2D eigenvalue weighted by Gasteiger charge is -2.61. The molecule has 3 heterocycles. The fourth-order valence-electron chi connectivity index (χ4n) is 4.31. The minimum absolute atomic E-state index is 0.147. The molecule has 4 aliphatic rings. The van der Waals surface area contributed by atoms with Crippen LogP contribution in [0.25, 0.3) is 0 Å². The predicted molar refractivity (Wildman–Crippen MR) is 57.6 cm³/mol. The molecule has 0 aromatic carbocycles. The Kier molecular flexibility index (Phi) is 1.54. The molecule has 1 saturated carbocycles. The zero-order valence-corrected chi connectivity index (χ0v) is 9.19. The fourth-order valence-corrected chi connectivity index (χ4v) is 4.31. The Bertz CT molecular complexity index is 406. The van der Waals surface area contributed by atoms with E-state index in [4.69, 9.17) is 10.5 Å². The van der Waals surface area contributed by atoms with E-state index >= 15 is 0 Å². The van der Waals surface area contributed by atoms with Crippen LogP contribution in [0, 0.1) is 0 Å². The van der Waals surface area contributed by atoms with E-state index in [1.165, 1.54) is 12.8 Å². The summed E-state index contributed by atoms with van der Waals surface area (Å²) >= 11 is 0. The summed E-state index contributed by atoms with van der Waals surface area (Å²) in [7, 11) is 0. The number of hydrogen-bond donors (Lipinski definition) is 1. The van der Waals surface area contributed by atoms with Gasteiger partial charge in [-0.2, -0.15) is 0 Å². The number of ether oxygens (including phenoxy) is 1. The molecule has 1 aliphatic carbocycles. The summed E-state index contributed by atoms with van der Waals surface area (Å²) in [5, 5.41) is 0. The van der Waals surface area contributed by atoms with Gasteiger partial charge in [-0.1, -0.05) is 6.42 Å². The van der Waals surface area contributed by atoms with Gasteiger partial charge in [0.15, 0.2) is 5.60 Å². The van der Waals surface area contributed by atoms with Crippen LogP contribution in [0.1, 0.15) is 25.7 Å². The van der Waals surface area contributed by atoms with E-state index in [0.717, 1.165) is 25.0 Å². The normalized spacial score (nSPS) is 49.9. The van der Waals surface area contributed by atoms with Crippen molar-refractivity contribution in [3.8, 4) is 0 Å². The van der Waals surface area contributed by atoms with E-state index in [0.29, 0.717) is 6.04 Å². The van der Waals surface area contributed by atoms with Crippen molar-refractivity contribution in [3.63, 3.8) is 0 Å². The van der Waals surface area contributed by atoms with E-state index in [1.54, 1.807) is 6.08 Å². The summed E-state index contributed by atoms with van der Waals surface area (Å²) in [6, 6.07) is 0.821. The minimum atomic E-state index is -0.309. The van der Waals surface area contributed by atoms with Gasteiger partial charge in [0.1, 0.15) is 0 Å². The minimum Gasteiger partial charge on any atom is -0.448 e. The highest BCUT2D eigenvalue weighted by Gasteiger charge is 2.72. The second-order valence-electron chi connectivity index (χ2n) is 5.45. The first-order valence-corrected chi connectivity index (χ1v) is 6.19. The van der Waals surface area contributed by atoms with Crippen LogP contribution in [0.5, 0.6) is 0 Å². The third-order valence-electron chi connectivity index (χ3n) is 4.76. The van der Waals surface area contributed by atoms with Crippen LogP contribution in [0.2, 0.25) is 0 Å². The van der Waals surface area contributed by atoms with Crippen LogP contribution in [0.4, 0.5) is 0 Å². The molecule has 0 aromatic heterocycles. The molecule has 2 saturated heterocycles. The van der Waals surface area contributed by atoms with Gasteiger partial charge in [0.2, 0.25) is 0 Å². The maximum absolute atomic E-state index is 11.5. The zero-order chi connectivity index (χ0) is 10.9. The second-order valence-corrected chi connectivity index (χ2v) is 5.45. The number of rotatable bonds is 0. The Morgan fingerprint density at radius 3 is 3.25 bits per heavy atom. The van der Waals surface area contributed by atoms with Gasteiger partial charge in [0.25, 0.3) is 0 Å². The van der Waals surface area contributed by atoms with Crippen molar-refractivity contribution in [1.82, 2.24) is 4.90 Å². The molecule has 0 bridgehead atoms. The molecule has 3 aliphatic heterocycles. The number of esters is 1. The van der Waals surface area contributed by atoms with Crippen molar-refractivity contribution in [2.24, 2.45) is 5.73 Å². The molecule has 0 amide bonds. The van der Waals surface area contributed by atoms with Gasteiger partial charge in [-0.15, -0.1) is 0 Å². The molecule has 16 heavy (non-hydrogen) atoms. The van der Waals surface area contributed by atoms with Gasteiger partial charge in [0.05, 0.1) is 12.1 Å². The van der Waals surface area contributed by atoms with Crippen molar-refractivity contribution in [2.45, 2.75) is 49.4 Å². The van der Waals surface area contributed by atoms with Crippen LogP contribution in [0.15, 0.2) is 11.6 Å². The van der Waals surface area contributed by atoms with Gasteiger partial charge >= 0.3 is 5.97 Å². The number of carbonyl (C=O) groups excluding carboxylic acids is 1. The van der Waals surface area contributed by atoms with Gasteiger partial charge < -0.3 is 10.5 Å². The highest BCUT2D eigenvalue weighted by atomic mass is 16.6. The van der Waals surface area contributed by atoms with Crippen molar-refractivity contribution < 1.29 is 9.53 Å². The second kappa shape index (κ2) is 2.68. The predicted octanol–water partition coefficient (Wildman–Crippen LogP) is 0.176. The summed E-state index contributed by atoms with van der Waals surface area (Å²) in [5.74, 6) is -0.155. The topological polar surface area (TPSA) is 55.6 Å². The molecule has 0 radical (unpaired) electrons. The maximum atomic E-state index is 11.5. The van der Waals surface area contributed by atoms with Crippen molar-refractivity contribution in [3.05, 3.63) is 11.6 Å². The summed E-state index contributed by atoms with van der Waals surface area (Å²) < 4.78 is 5.66.